The summed E-state index contributed by atoms with van der Waals surface area (Å²) in [6.45, 7) is 10.2. The maximum Gasteiger partial charge on any atom is 0.114 e. The molecule has 0 aliphatic heterocycles. The summed E-state index contributed by atoms with van der Waals surface area (Å²) >= 11 is 1.49. The van der Waals surface area contributed by atoms with Gasteiger partial charge in [0.15, 0.2) is 0 Å². The monoisotopic (exact) mass is 213 g/mol. The number of hydrogen-bond acceptors (Lipinski definition) is 4. The molecular formula is C10H19N3S. The Kier molecular flexibility index (Phi) is 2.63. The van der Waals surface area contributed by atoms with E-state index in [1.54, 1.807) is 0 Å². The van der Waals surface area contributed by atoms with Crippen molar-refractivity contribution in [3.05, 3.63) is 10.7 Å². The molecule has 0 fully saturated rings. The summed E-state index contributed by atoms with van der Waals surface area (Å²) in [5.74, 6) is 0. The fourth-order valence-corrected chi connectivity index (χ4v) is 2.20. The van der Waals surface area contributed by atoms with Crippen LogP contribution in [-0.4, -0.2) is 4.98 Å². The van der Waals surface area contributed by atoms with Crippen LogP contribution in [-0.2, 0) is 11.0 Å². The van der Waals surface area contributed by atoms with E-state index in [4.69, 9.17) is 11.5 Å². The van der Waals surface area contributed by atoms with Gasteiger partial charge in [-0.05, 0) is 13.8 Å². The van der Waals surface area contributed by atoms with Crippen LogP contribution >= 0.6 is 11.3 Å². The molecule has 0 spiro atoms. The Morgan fingerprint density at radius 3 is 1.86 bits per heavy atom. The molecule has 0 saturated carbocycles. The minimum absolute atomic E-state index is 0.00984. The SMILES string of the molecule is CC(C)(C)c1nc(C(C)(C)N)sc1N. The lowest BCUT2D eigenvalue weighted by molar-refractivity contribution is 0.530. The highest BCUT2D eigenvalue weighted by Gasteiger charge is 2.26. The highest BCUT2D eigenvalue weighted by molar-refractivity contribution is 7.15. The van der Waals surface area contributed by atoms with Crippen molar-refractivity contribution in [1.29, 1.82) is 0 Å². The fraction of sp³-hybridized carbons (Fsp3) is 0.700. The van der Waals surface area contributed by atoms with E-state index in [9.17, 15) is 0 Å². The summed E-state index contributed by atoms with van der Waals surface area (Å²) in [4.78, 5) is 4.52. The number of nitrogens with zero attached hydrogens (tertiary/aromatic N) is 1. The standard InChI is InChI=1S/C10H19N3S/c1-9(2,3)6-7(11)14-8(13-6)10(4,5)12/h11-12H2,1-5H3. The third-order valence-electron chi connectivity index (χ3n) is 1.91. The van der Waals surface area contributed by atoms with Gasteiger partial charge in [-0.3, -0.25) is 0 Å². The van der Waals surface area contributed by atoms with E-state index < -0.39 is 5.54 Å². The zero-order chi connectivity index (χ0) is 11.1. The third kappa shape index (κ3) is 2.25. The lowest BCUT2D eigenvalue weighted by Gasteiger charge is -2.17. The molecule has 0 aromatic carbocycles. The van der Waals surface area contributed by atoms with Crippen molar-refractivity contribution in [2.24, 2.45) is 5.73 Å². The zero-order valence-electron chi connectivity index (χ0n) is 9.51. The quantitative estimate of drug-likeness (QED) is 0.751. The van der Waals surface area contributed by atoms with Crippen LogP contribution in [0.5, 0.6) is 0 Å². The average Bonchev–Trinajstić information content (AvgIpc) is 2.27. The number of rotatable bonds is 1. The predicted molar refractivity (Wildman–Crippen MR) is 62.4 cm³/mol. The molecule has 0 aliphatic carbocycles. The van der Waals surface area contributed by atoms with Crippen LogP contribution < -0.4 is 11.5 Å². The fourth-order valence-electron chi connectivity index (χ4n) is 1.14. The first-order valence-corrected chi connectivity index (χ1v) is 5.50. The Morgan fingerprint density at radius 1 is 1.14 bits per heavy atom. The van der Waals surface area contributed by atoms with Crippen molar-refractivity contribution in [3.63, 3.8) is 0 Å². The number of thiazole rings is 1. The molecule has 1 rings (SSSR count). The van der Waals surface area contributed by atoms with Crippen LogP contribution in [0.1, 0.15) is 45.3 Å². The maximum atomic E-state index is 5.97. The largest absolute Gasteiger partial charge is 0.389 e. The van der Waals surface area contributed by atoms with Crippen LogP contribution in [0.3, 0.4) is 0 Å². The summed E-state index contributed by atoms with van der Waals surface area (Å²) in [6, 6.07) is 0. The van der Waals surface area contributed by atoms with E-state index in [0.717, 1.165) is 15.7 Å². The van der Waals surface area contributed by atoms with Crippen molar-refractivity contribution in [2.75, 3.05) is 5.73 Å². The number of anilines is 1. The second kappa shape index (κ2) is 3.21. The molecule has 1 heterocycles. The van der Waals surface area contributed by atoms with Gasteiger partial charge in [-0.25, -0.2) is 4.98 Å². The van der Waals surface area contributed by atoms with E-state index in [1.807, 2.05) is 13.8 Å². The van der Waals surface area contributed by atoms with Crippen LogP contribution in [0, 0.1) is 0 Å². The van der Waals surface area contributed by atoms with Crippen molar-refractivity contribution >= 4 is 16.3 Å². The topological polar surface area (TPSA) is 64.9 Å². The van der Waals surface area contributed by atoms with Gasteiger partial charge in [-0.15, -0.1) is 0 Å². The Bertz CT molecular complexity index is 328. The molecule has 0 unspecified atom stereocenters. The number of aromatic nitrogens is 1. The molecule has 0 saturated heterocycles. The molecule has 1 aromatic rings. The van der Waals surface area contributed by atoms with Gasteiger partial charge in [0, 0.05) is 5.41 Å². The molecule has 0 aliphatic rings. The first-order valence-electron chi connectivity index (χ1n) is 4.68. The van der Waals surface area contributed by atoms with Crippen molar-refractivity contribution in [1.82, 2.24) is 4.98 Å². The molecule has 0 amide bonds. The van der Waals surface area contributed by atoms with E-state index in [-0.39, 0.29) is 5.41 Å². The van der Waals surface area contributed by atoms with Crippen molar-refractivity contribution in [2.45, 2.75) is 45.6 Å². The van der Waals surface area contributed by atoms with Crippen LogP contribution in [0.2, 0.25) is 0 Å². The highest BCUT2D eigenvalue weighted by Crippen LogP contribution is 2.34. The Labute approximate surface area is 89.5 Å². The highest BCUT2D eigenvalue weighted by atomic mass is 32.1. The summed E-state index contributed by atoms with van der Waals surface area (Å²) < 4.78 is 0. The number of nitrogens with two attached hydrogens (primary N) is 2. The Balaban J connectivity index is 3.19. The smallest absolute Gasteiger partial charge is 0.114 e. The minimum Gasteiger partial charge on any atom is -0.389 e. The first-order chi connectivity index (χ1) is 6.12. The summed E-state index contributed by atoms with van der Waals surface area (Å²) in [6.07, 6.45) is 0. The van der Waals surface area contributed by atoms with E-state index in [2.05, 4.69) is 25.8 Å². The zero-order valence-corrected chi connectivity index (χ0v) is 10.3. The van der Waals surface area contributed by atoms with Gasteiger partial charge in [0.2, 0.25) is 0 Å². The number of hydrogen-bond donors (Lipinski definition) is 2. The lowest BCUT2D eigenvalue weighted by Crippen LogP contribution is -2.28. The summed E-state index contributed by atoms with van der Waals surface area (Å²) in [7, 11) is 0. The molecule has 0 radical (unpaired) electrons. The van der Waals surface area contributed by atoms with Gasteiger partial charge in [-0.1, -0.05) is 32.1 Å². The molecular weight excluding hydrogens is 194 g/mol. The predicted octanol–water partition coefficient (Wildman–Crippen LogP) is 2.22. The van der Waals surface area contributed by atoms with Crippen LogP contribution in [0.4, 0.5) is 5.00 Å². The molecule has 80 valence electrons. The number of nitrogen functional groups attached to an aromatic ring is 1. The third-order valence-corrected chi connectivity index (χ3v) is 3.14. The normalized spacial score (nSPS) is 13.3. The van der Waals surface area contributed by atoms with Gasteiger partial charge in [-0.2, -0.15) is 0 Å². The maximum absolute atomic E-state index is 5.97. The van der Waals surface area contributed by atoms with Gasteiger partial charge >= 0.3 is 0 Å². The van der Waals surface area contributed by atoms with Crippen molar-refractivity contribution < 1.29 is 0 Å². The summed E-state index contributed by atoms with van der Waals surface area (Å²) in [5, 5.41) is 1.69. The van der Waals surface area contributed by atoms with Gasteiger partial charge in [0.05, 0.1) is 11.2 Å². The summed E-state index contributed by atoms with van der Waals surface area (Å²) in [5.41, 5.74) is 12.4. The first kappa shape index (κ1) is 11.5. The molecule has 4 heteroatoms. The van der Waals surface area contributed by atoms with Gasteiger partial charge < -0.3 is 11.5 Å². The molecule has 0 atom stereocenters. The lowest BCUT2D eigenvalue weighted by atomic mass is 9.92. The van der Waals surface area contributed by atoms with Gasteiger partial charge in [0.1, 0.15) is 10.0 Å². The minimum atomic E-state index is -0.401. The molecule has 3 nitrogen and oxygen atoms in total. The van der Waals surface area contributed by atoms with E-state index >= 15 is 0 Å². The molecule has 0 bridgehead atoms. The van der Waals surface area contributed by atoms with Crippen LogP contribution in [0.15, 0.2) is 0 Å². The van der Waals surface area contributed by atoms with Crippen LogP contribution in [0.25, 0.3) is 0 Å². The van der Waals surface area contributed by atoms with E-state index in [0.29, 0.717) is 0 Å². The Morgan fingerprint density at radius 2 is 1.64 bits per heavy atom. The van der Waals surface area contributed by atoms with Gasteiger partial charge in [0.25, 0.3) is 0 Å². The molecule has 1 aromatic heterocycles. The molecule has 14 heavy (non-hydrogen) atoms. The van der Waals surface area contributed by atoms with E-state index in [1.165, 1.54) is 11.3 Å². The average molecular weight is 213 g/mol. The van der Waals surface area contributed by atoms with Crippen molar-refractivity contribution in [3.8, 4) is 0 Å². The second-order valence-corrected chi connectivity index (χ2v) is 6.23. The Hall–Kier alpha value is -0.610. The second-order valence-electron chi connectivity index (χ2n) is 5.20. The molecule has 4 N–H and O–H groups in total.